The molecule has 22 heavy (non-hydrogen) atoms. The summed E-state index contributed by atoms with van der Waals surface area (Å²) in [6.07, 6.45) is 1.52. The molecular formula is C16H29NO5. The molecule has 128 valence electrons. The lowest BCUT2D eigenvalue weighted by molar-refractivity contribution is -0.141. The van der Waals surface area contributed by atoms with E-state index < -0.39 is 11.9 Å². The quantitative estimate of drug-likeness (QED) is 0.407. The second-order valence-corrected chi connectivity index (χ2v) is 5.16. The third kappa shape index (κ3) is 11.9. The number of amides is 1. The summed E-state index contributed by atoms with van der Waals surface area (Å²) in [4.78, 5) is 32.2. The van der Waals surface area contributed by atoms with Crippen LogP contribution in [-0.4, -0.2) is 36.1 Å². The molecule has 1 amide bonds. The fourth-order valence-electron chi connectivity index (χ4n) is 0.975. The molecule has 6 nitrogen and oxygen atoms in total. The van der Waals surface area contributed by atoms with E-state index in [0.29, 0.717) is 12.1 Å². The SMILES string of the molecule is C=C(C)C(=O)OCCNC(=O)C(C)CC.CCC(C)C(=O)O. The molecule has 0 fully saturated rings. The van der Waals surface area contributed by atoms with Crippen LogP contribution in [0.3, 0.4) is 0 Å². The lowest BCUT2D eigenvalue weighted by Gasteiger charge is -2.10. The number of ether oxygens (including phenoxy) is 1. The standard InChI is InChI=1S/C11H19NO3.C5H10O2/c1-5-9(4)10(13)12-6-7-15-11(14)8(2)3;1-3-4(2)5(6)7/h9H,2,5-7H2,1,3-4H3,(H,12,13);4H,3H2,1-2H3,(H,6,7). The van der Waals surface area contributed by atoms with Gasteiger partial charge in [0.05, 0.1) is 12.5 Å². The molecule has 0 bridgehead atoms. The summed E-state index contributed by atoms with van der Waals surface area (Å²) in [5, 5.41) is 10.9. The van der Waals surface area contributed by atoms with E-state index in [1.165, 1.54) is 0 Å². The summed E-state index contributed by atoms with van der Waals surface area (Å²) in [5.74, 6) is -1.32. The predicted octanol–water partition coefficient (Wildman–Crippen LogP) is 2.39. The lowest BCUT2D eigenvalue weighted by Crippen LogP contribution is -2.32. The van der Waals surface area contributed by atoms with Crippen molar-refractivity contribution >= 4 is 17.8 Å². The van der Waals surface area contributed by atoms with E-state index in [2.05, 4.69) is 11.9 Å². The minimum absolute atomic E-state index is 0.00171. The first-order chi connectivity index (χ1) is 10.2. The van der Waals surface area contributed by atoms with Crippen molar-refractivity contribution in [1.82, 2.24) is 5.32 Å². The highest BCUT2D eigenvalue weighted by molar-refractivity contribution is 5.86. The van der Waals surface area contributed by atoms with Crippen LogP contribution >= 0.6 is 0 Å². The maximum Gasteiger partial charge on any atom is 0.333 e. The van der Waals surface area contributed by atoms with Crippen LogP contribution in [-0.2, 0) is 19.1 Å². The highest BCUT2D eigenvalue weighted by atomic mass is 16.5. The van der Waals surface area contributed by atoms with Gasteiger partial charge in [0.25, 0.3) is 0 Å². The number of carbonyl (C=O) groups is 3. The van der Waals surface area contributed by atoms with Crippen LogP contribution in [0.4, 0.5) is 0 Å². The summed E-state index contributed by atoms with van der Waals surface area (Å²) in [6.45, 7) is 12.9. The van der Waals surface area contributed by atoms with Crippen LogP contribution < -0.4 is 5.32 Å². The third-order valence-corrected chi connectivity index (χ3v) is 3.08. The second-order valence-electron chi connectivity index (χ2n) is 5.16. The van der Waals surface area contributed by atoms with Crippen LogP contribution in [0.15, 0.2) is 12.2 Å². The Morgan fingerprint density at radius 3 is 1.95 bits per heavy atom. The first kappa shape index (κ1) is 22.4. The molecule has 0 radical (unpaired) electrons. The molecule has 0 aliphatic rings. The molecular weight excluding hydrogens is 286 g/mol. The number of aliphatic carboxylic acids is 1. The summed E-state index contributed by atoms with van der Waals surface area (Å²) in [5.41, 5.74) is 0.364. The van der Waals surface area contributed by atoms with Crippen molar-refractivity contribution in [2.24, 2.45) is 11.8 Å². The molecule has 0 spiro atoms. The Bertz CT molecular complexity index is 379. The molecule has 2 N–H and O–H groups in total. The fraction of sp³-hybridized carbons (Fsp3) is 0.688. The number of rotatable bonds is 8. The van der Waals surface area contributed by atoms with Gasteiger partial charge in [-0.25, -0.2) is 4.79 Å². The minimum atomic E-state index is -0.706. The zero-order chi connectivity index (χ0) is 17.7. The molecule has 2 unspecified atom stereocenters. The summed E-state index contributed by atoms with van der Waals surface area (Å²) >= 11 is 0. The monoisotopic (exact) mass is 315 g/mol. The van der Waals surface area contributed by atoms with Crippen molar-refractivity contribution in [1.29, 1.82) is 0 Å². The van der Waals surface area contributed by atoms with Gasteiger partial charge in [0, 0.05) is 11.5 Å². The number of esters is 1. The average Bonchev–Trinajstić information content (AvgIpc) is 2.49. The zero-order valence-electron chi connectivity index (χ0n) is 14.3. The maximum atomic E-state index is 11.3. The van der Waals surface area contributed by atoms with E-state index in [1.807, 2.05) is 20.8 Å². The van der Waals surface area contributed by atoms with Crippen molar-refractivity contribution in [3.05, 3.63) is 12.2 Å². The second kappa shape index (κ2) is 12.9. The van der Waals surface area contributed by atoms with Crippen molar-refractivity contribution in [3.63, 3.8) is 0 Å². The fourth-order valence-corrected chi connectivity index (χ4v) is 0.975. The molecule has 2 atom stereocenters. The molecule has 0 rings (SSSR count). The molecule has 0 aromatic carbocycles. The van der Waals surface area contributed by atoms with E-state index in [9.17, 15) is 14.4 Å². The molecule has 0 heterocycles. The maximum absolute atomic E-state index is 11.3. The predicted molar refractivity (Wildman–Crippen MR) is 85.3 cm³/mol. The smallest absolute Gasteiger partial charge is 0.333 e. The highest BCUT2D eigenvalue weighted by Gasteiger charge is 2.09. The molecule has 0 saturated carbocycles. The van der Waals surface area contributed by atoms with Crippen LogP contribution in [0.2, 0.25) is 0 Å². The third-order valence-electron chi connectivity index (χ3n) is 3.08. The van der Waals surface area contributed by atoms with Gasteiger partial charge in [-0.1, -0.05) is 34.3 Å². The van der Waals surface area contributed by atoms with Crippen molar-refractivity contribution < 1.29 is 24.2 Å². The van der Waals surface area contributed by atoms with Crippen molar-refractivity contribution in [2.75, 3.05) is 13.2 Å². The Kier molecular flexibility index (Phi) is 13.1. The Morgan fingerprint density at radius 1 is 1.14 bits per heavy atom. The molecule has 6 heteroatoms. The largest absolute Gasteiger partial charge is 0.481 e. The molecule has 0 aromatic rings. The number of hydrogen-bond donors (Lipinski definition) is 2. The molecule has 0 aromatic heterocycles. The van der Waals surface area contributed by atoms with Crippen LogP contribution in [0.1, 0.15) is 47.5 Å². The van der Waals surface area contributed by atoms with Gasteiger partial charge in [0.2, 0.25) is 5.91 Å². The van der Waals surface area contributed by atoms with Crippen molar-refractivity contribution in [2.45, 2.75) is 47.5 Å². The van der Waals surface area contributed by atoms with Gasteiger partial charge in [0.1, 0.15) is 6.61 Å². The van der Waals surface area contributed by atoms with Gasteiger partial charge in [-0.15, -0.1) is 0 Å². The number of carboxylic acid groups (broad SMARTS) is 1. The summed E-state index contributed by atoms with van der Waals surface area (Å²) < 4.78 is 4.81. The normalized spacial score (nSPS) is 12.2. The minimum Gasteiger partial charge on any atom is -0.481 e. The number of carboxylic acids is 1. The summed E-state index contributed by atoms with van der Waals surface area (Å²) in [6, 6.07) is 0. The van der Waals surface area contributed by atoms with Gasteiger partial charge in [-0.2, -0.15) is 0 Å². The lowest BCUT2D eigenvalue weighted by atomic mass is 10.1. The average molecular weight is 315 g/mol. The van der Waals surface area contributed by atoms with E-state index in [1.54, 1.807) is 13.8 Å². The van der Waals surface area contributed by atoms with E-state index in [4.69, 9.17) is 9.84 Å². The summed E-state index contributed by atoms with van der Waals surface area (Å²) in [7, 11) is 0. The molecule has 0 aliphatic heterocycles. The number of hydrogen-bond acceptors (Lipinski definition) is 4. The Labute approximate surface area is 132 Å². The van der Waals surface area contributed by atoms with E-state index in [-0.39, 0.29) is 24.3 Å². The van der Waals surface area contributed by atoms with Crippen LogP contribution in [0.25, 0.3) is 0 Å². The van der Waals surface area contributed by atoms with Crippen LogP contribution in [0.5, 0.6) is 0 Å². The van der Waals surface area contributed by atoms with Gasteiger partial charge in [0.15, 0.2) is 0 Å². The number of carbonyl (C=O) groups excluding carboxylic acids is 2. The Morgan fingerprint density at radius 2 is 1.64 bits per heavy atom. The van der Waals surface area contributed by atoms with E-state index in [0.717, 1.165) is 12.8 Å². The Balaban J connectivity index is 0. The van der Waals surface area contributed by atoms with Crippen molar-refractivity contribution in [3.8, 4) is 0 Å². The zero-order valence-corrected chi connectivity index (χ0v) is 14.3. The molecule has 0 saturated heterocycles. The number of nitrogens with one attached hydrogen (secondary N) is 1. The van der Waals surface area contributed by atoms with Gasteiger partial charge in [-0.3, -0.25) is 9.59 Å². The van der Waals surface area contributed by atoms with Crippen LogP contribution in [0, 0.1) is 11.8 Å². The topological polar surface area (TPSA) is 92.7 Å². The first-order valence-electron chi connectivity index (χ1n) is 7.50. The van der Waals surface area contributed by atoms with E-state index >= 15 is 0 Å². The Hall–Kier alpha value is -1.85. The molecule has 0 aliphatic carbocycles. The van der Waals surface area contributed by atoms with Gasteiger partial charge >= 0.3 is 11.9 Å². The van der Waals surface area contributed by atoms with Gasteiger partial charge in [-0.05, 0) is 19.8 Å². The highest BCUT2D eigenvalue weighted by Crippen LogP contribution is 1.99. The van der Waals surface area contributed by atoms with Gasteiger partial charge < -0.3 is 15.2 Å². The first-order valence-corrected chi connectivity index (χ1v) is 7.50.